The Balaban J connectivity index is 1.81. The van der Waals surface area contributed by atoms with E-state index in [1.54, 1.807) is 0 Å². The minimum absolute atomic E-state index is 0.0686. The summed E-state index contributed by atoms with van der Waals surface area (Å²) in [5.74, 6) is -1.65. The second-order valence-corrected chi connectivity index (χ2v) is 4.74. The maximum Gasteiger partial charge on any atom is 0.338 e. The van der Waals surface area contributed by atoms with Crippen LogP contribution in [0.3, 0.4) is 0 Å². The molecule has 1 aromatic heterocycles. The number of aromatic nitrogens is 1. The van der Waals surface area contributed by atoms with E-state index in [1.807, 2.05) is 0 Å². The van der Waals surface area contributed by atoms with Gasteiger partial charge < -0.3 is 15.2 Å². The maximum absolute atomic E-state index is 11.9. The van der Waals surface area contributed by atoms with E-state index in [0.29, 0.717) is 19.3 Å². The molecule has 0 unspecified atom stereocenters. The number of pyridine rings is 1. The lowest BCUT2D eigenvalue weighted by molar-refractivity contribution is 0.0579. The molecule has 2 N–H and O–H groups in total. The third-order valence-corrected chi connectivity index (χ3v) is 3.30. The number of hydrogen-bond donors (Lipinski definition) is 2. The number of carboxylic acid groups (broad SMARTS) is 1. The van der Waals surface area contributed by atoms with Crippen LogP contribution in [0.1, 0.15) is 46.5 Å². The lowest BCUT2D eigenvalue weighted by Gasteiger charge is -2.11. The quantitative estimate of drug-likeness (QED) is 0.769. The molecule has 0 aliphatic heterocycles. The van der Waals surface area contributed by atoms with Gasteiger partial charge in [0.2, 0.25) is 0 Å². The first kappa shape index (κ1) is 14.5. The van der Waals surface area contributed by atoms with Crippen LogP contribution in [-0.4, -0.2) is 41.2 Å². The number of nitrogens with one attached hydrogen (secondary N) is 1. The summed E-state index contributed by atoms with van der Waals surface area (Å²) in [5, 5.41) is 11.6. The number of carbonyl (C=O) groups excluding carboxylic acids is 1. The molecule has 1 aromatic rings. The first-order valence-electron chi connectivity index (χ1n) is 6.76. The van der Waals surface area contributed by atoms with Crippen LogP contribution < -0.4 is 5.32 Å². The molecule has 20 heavy (non-hydrogen) atoms. The lowest BCUT2D eigenvalue weighted by Crippen LogP contribution is -2.30. The molecule has 6 heteroatoms. The van der Waals surface area contributed by atoms with Gasteiger partial charge in [-0.1, -0.05) is 12.8 Å². The van der Waals surface area contributed by atoms with Crippen molar-refractivity contribution in [2.45, 2.75) is 31.8 Å². The number of carbonyl (C=O) groups is 2. The van der Waals surface area contributed by atoms with E-state index in [-0.39, 0.29) is 11.3 Å². The Morgan fingerprint density at radius 1 is 1.40 bits per heavy atom. The fourth-order valence-electron chi connectivity index (χ4n) is 2.29. The second-order valence-electron chi connectivity index (χ2n) is 4.74. The van der Waals surface area contributed by atoms with Crippen LogP contribution >= 0.6 is 0 Å². The predicted molar refractivity (Wildman–Crippen MR) is 71.7 cm³/mol. The van der Waals surface area contributed by atoms with Crippen molar-refractivity contribution < 1.29 is 19.4 Å². The summed E-state index contributed by atoms with van der Waals surface area (Å²) >= 11 is 0. The van der Waals surface area contributed by atoms with Gasteiger partial charge >= 0.3 is 5.97 Å². The van der Waals surface area contributed by atoms with Crippen LogP contribution in [0.5, 0.6) is 0 Å². The third-order valence-electron chi connectivity index (χ3n) is 3.30. The van der Waals surface area contributed by atoms with Crippen LogP contribution in [0.15, 0.2) is 18.3 Å². The smallest absolute Gasteiger partial charge is 0.338 e. The highest BCUT2D eigenvalue weighted by molar-refractivity contribution is 6.03. The molecule has 0 saturated heterocycles. The number of aromatic carboxylic acids is 1. The van der Waals surface area contributed by atoms with Crippen molar-refractivity contribution >= 4 is 11.9 Å². The molecule has 1 aliphatic carbocycles. The van der Waals surface area contributed by atoms with Crippen LogP contribution in [0.25, 0.3) is 0 Å². The average Bonchev–Trinajstić information content (AvgIpc) is 2.96. The van der Waals surface area contributed by atoms with E-state index >= 15 is 0 Å². The summed E-state index contributed by atoms with van der Waals surface area (Å²) in [4.78, 5) is 26.7. The van der Waals surface area contributed by atoms with Gasteiger partial charge in [0, 0.05) is 12.7 Å². The summed E-state index contributed by atoms with van der Waals surface area (Å²) < 4.78 is 5.62. The van der Waals surface area contributed by atoms with Gasteiger partial charge in [0.15, 0.2) is 0 Å². The highest BCUT2D eigenvalue weighted by Gasteiger charge is 2.18. The molecule has 1 saturated carbocycles. The number of nitrogens with zero attached hydrogens (tertiary/aromatic N) is 1. The van der Waals surface area contributed by atoms with Crippen molar-refractivity contribution in [1.82, 2.24) is 10.3 Å². The van der Waals surface area contributed by atoms with Gasteiger partial charge in [0.1, 0.15) is 5.69 Å². The molecule has 0 aromatic carbocycles. The molecule has 1 fully saturated rings. The highest BCUT2D eigenvalue weighted by Crippen LogP contribution is 2.20. The van der Waals surface area contributed by atoms with E-state index in [2.05, 4.69) is 10.3 Å². The topological polar surface area (TPSA) is 88.5 Å². The summed E-state index contributed by atoms with van der Waals surface area (Å²) in [5.41, 5.74) is -0.164. The number of carboxylic acids is 1. The third kappa shape index (κ3) is 3.77. The Bertz CT molecular complexity index is 484. The molecule has 1 heterocycles. The number of amides is 1. The van der Waals surface area contributed by atoms with Crippen molar-refractivity contribution in [1.29, 1.82) is 0 Å². The number of rotatable bonds is 6. The molecule has 0 bridgehead atoms. The second kappa shape index (κ2) is 7.00. The van der Waals surface area contributed by atoms with Gasteiger partial charge in [-0.05, 0) is 25.0 Å². The molecule has 0 radical (unpaired) electrons. The fourth-order valence-corrected chi connectivity index (χ4v) is 2.29. The summed E-state index contributed by atoms with van der Waals surface area (Å²) in [6.07, 6.45) is 6.27. The summed E-state index contributed by atoms with van der Waals surface area (Å²) in [7, 11) is 0. The Morgan fingerprint density at radius 2 is 2.15 bits per heavy atom. The SMILES string of the molecule is O=C(O)c1cccnc1C(=O)NCCOC1CCCC1. The Hall–Kier alpha value is -1.95. The van der Waals surface area contributed by atoms with E-state index in [0.717, 1.165) is 12.8 Å². The molecule has 2 rings (SSSR count). The largest absolute Gasteiger partial charge is 0.478 e. The van der Waals surface area contributed by atoms with Gasteiger partial charge in [-0.25, -0.2) is 4.79 Å². The molecular formula is C14H18N2O4. The molecule has 0 spiro atoms. The summed E-state index contributed by atoms with van der Waals surface area (Å²) in [6, 6.07) is 2.85. The fraction of sp³-hybridized carbons (Fsp3) is 0.500. The number of hydrogen-bond acceptors (Lipinski definition) is 4. The lowest BCUT2D eigenvalue weighted by atomic mass is 10.2. The first-order chi connectivity index (χ1) is 9.68. The normalized spacial score (nSPS) is 15.2. The highest BCUT2D eigenvalue weighted by atomic mass is 16.5. The van der Waals surface area contributed by atoms with Gasteiger partial charge in [0.25, 0.3) is 5.91 Å². The molecule has 6 nitrogen and oxygen atoms in total. The van der Waals surface area contributed by atoms with Crippen LogP contribution in [-0.2, 0) is 4.74 Å². The van der Waals surface area contributed by atoms with Crippen molar-refractivity contribution in [2.24, 2.45) is 0 Å². The van der Waals surface area contributed by atoms with Crippen LogP contribution in [0.2, 0.25) is 0 Å². The van der Waals surface area contributed by atoms with Gasteiger partial charge in [-0.2, -0.15) is 0 Å². The monoisotopic (exact) mass is 278 g/mol. The van der Waals surface area contributed by atoms with Gasteiger partial charge in [-0.15, -0.1) is 0 Å². The Labute approximate surface area is 117 Å². The maximum atomic E-state index is 11.9. The number of ether oxygens (including phenoxy) is 1. The summed E-state index contributed by atoms with van der Waals surface area (Å²) in [6.45, 7) is 0.788. The molecular weight excluding hydrogens is 260 g/mol. The Kier molecular flexibility index (Phi) is 5.06. The average molecular weight is 278 g/mol. The Morgan fingerprint density at radius 3 is 2.85 bits per heavy atom. The van der Waals surface area contributed by atoms with Gasteiger partial charge in [0.05, 0.1) is 18.3 Å². The molecule has 1 amide bonds. The van der Waals surface area contributed by atoms with Crippen molar-refractivity contribution in [3.05, 3.63) is 29.6 Å². The zero-order chi connectivity index (χ0) is 14.4. The first-order valence-corrected chi connectivity index (χ1v) is 6.76. The van der Waals surface area contributed by atoms with Crippen LogP contribution in [0.4, 0.5) is 0 Å². The zero-order valence-corrected chi connectivity index (χ0v) is 11.2. The zero-order valence-electron chi connectivity index (χ0n) is 11.2. The standard InChI is InChI=1S/C14H18N2O4/c17-13(12-11(14(18)19)6-3-7-15-12)16-8-9-20-10-4-1-2-5-10/h3,6-7,10H,1-2,4-5,8-9H2,(H,16,17)(H,18,19). The van der Waals surface area contributed by atoms with E-state index < -0.39 is 11.9 Å². The van der Waals surface area contributed by atoms with Crippen LogP contribution in [0, 0.1) is 0 Å². The molecule has 108 valence electrons. The molecule has 1 aliphatic rings. The van der Waals surface area contributed by atoms with Crippen molar-refractivity contribution in [3.8, 4) is 0 Å². The van der Waals surface area contributed by atoms with E-state index in [9.17, 15) is 9.59 Å². The van der Waals surface area contributed by atoms with Crippen molar-refractivity contribution in [3.63, 3.8) is 0 Å². The minimum Gasteiger partial charge on any atom is -0.478 e. The van der Waals surface area contributed by atoms with E-state index in [4.69, 9.17) is 9.84 Å². The minimum atomic E-state index is -1.16. The molecule has 0 atom stereocenters. The van der Waals surface area contributed by atoms with E-state index in [1.165, 1.54) is 31.2 Å². The van der Waals surface area contributed by atoms with Crippen molar-refractivity contribution in [2.75, 3.05) is 13.2 Å². The predicted octanol–water partition coefficient (Wildman–Crippen LogP) is 1.47. The van der Waals surface area contributed by atoms with Gasteiger partial charge in [-0.3, -0.25) is 9.78 Å².